The maximum atomic E-state index is 12.8. The fraction of sp³-hybridized carbons (Fsp3) is 0.150. The molecule has 134 valence electrons. The molecular weight excluding hydrogens is 343 g/mol. The van der Waals surface area contributed by atoms with E-state index >= 15 is 0 Å². The minimum absolute atomic E-state index is 0.00296. The van der Waals surface area contributed by atoms with Crippen LogP contribution in [0.2, 0.25) is 0 Å². The Bertz CT molecular complexity index is 877. The smallest absolute Gasteiger partial charge is 0.416 e. The van der Waals surface area contributed by atoms with Crippen molar-refractivity contribution >= 4 is 0 Å². The van der Waals surface area contributed by atoms with Crippen LogP contribution in [0.3, 0.4) is 0 Å². The van der Waals surface area contributed by atoms with E-state index in [0.717, 1.165) is 23.4 Å². The first-order chi connectivity index (χ1) is 12.5. The quantitative estimate of drug-likeness (QED) is 0.615. The van der Waals surface area contributed by atoms with Gasteiger partial charge in [0.1, 0.15) is 12.4 Å². The van der Waals surface area contributed by atoms with Crippen LogP contribution in [0.15, 0.2) is 66.7 Å². The van der Waals surface area contributed by atoms with Crippen molar-refractivity contribution in [3.8, 4) is 22.9 Å². The van der Waals surface area contributed by atoms with Crippen LogP contribution < -0.4 is 9.47 Å². The Morgan fingerprint density at radius 2 is 1.65 bits per heavy atom. The molecule has 0 aliphatic carbocycles. The Kier molecular flexibility index (Phi) is 5.11. The van der Waals surface area contributed by atoms with Crippen LogP contribution in [-0.2, 0) is 12.8 Å². The van der Waals surface area contributed by atoms with Crippen LogP contribution in [0.4, 0.5) is 13.2 Å². The van der Waals surface area contributed by atoms with Crippen LogP contribution in [0.25, 0.3) is 11.3 Å². The summed E-state index contributed by atoms with van der Waals surface area (Å²) in [6.45, 7) is 0.00296. The summed E-state index contributed by atoms with van der Waals surface area (Å²) in [5.74, 6) is 1.08. The van der Waals surface area contributed by atoms with Crippen molar-refractivity contribution in [2.24, 2.45) is 0 Å². The summed E-state index contributed by atoms with van der Waals surface area (Å²) < 4.78 is 49.0. The summed E-state index contributed by atoms with van der Waals surface area (Å²) in [6.07, 6.45) is -4.37. The topological polar surface area (TPSA) is 31.4 Å². The predicted octanol–water partition coefficient (Wildman–Crippen LogP) is 5.36. The van der Waals surface area contributed by atoms with E-state index in [9.17, 15) is 13.2 Å². The fourth-order valence-electron chi connectivity index (χ4n) is 2.41. The van der Waals surface area contributed by atoms with Gasteiger partial charge in [0.15, 0.2) is 0 Å². The first kappa shape index (κ1) is 17.8. The van der Waals surface area contributed by atoms with Crippen molar-refractivity contribution in [1.82, 2.24) is 4.98 Å². The van der Waals surface area contributed by atoms with Gasteiger partial charge in [-0.25, -0.2) is 4.98 Å². The maximum Gasteiger partial charge on any atom is 0.416 e. The molecule has 0 saturated heterocycles. The van der Waals surface area contributed by atoms with Crippen LogP contribution >= 0.6 is 0 Å². The van der Waals surface area contributed by atoms with Crippen LogP contribution in [0.5, 0.6) is 11.6 Å². The molecular formula is C20H16F3NO2. The number of ether oxygens (including phenoxy) is 2. The van der Waals surface area contributed by atoms with Gasteiger partial charge < -0.3 is 9.47 Å². The van der Waals surface area contributed by atoms with Gasteiger partial charge in [-0.2, -0.15) is 13.2 Å². The van der Waals surface area contributed by atoms with E-state index in [2.05, 4.69) is 4.98 Å². The molecule has 3 nitrogen and oxygen atoms in total. The molecule has 0 unspecified atom stereocenters. The summed E-state index contributed by atoms with van der Waals surface area (Å²) in [5, 5.41) is 0. The third kappa shape index (κ3) is 4.33. The van der Waals surface area contributed by atoms with Crippen molar-refractivity contribution in [2.75, 3.05) is 7.11 Å². The predicted molar refractivity (Wildman–Crippen MR) is 92.0 cm³/mol. The largest absolute Gasteiger partial charge is 0.497 e. The molecule has 26 heavy (non-hydrogen) atoms. The number of nitrogens with zero attached hydrogens (tertiary/aromatic N) is 1. The van der Waals surface area contributed by atoms with Gasteiger partial charge in [0.2, 0.25) is 5.88 Å². The summed E-state index contributed by atoms with van der Waals surface area (Å²) in [4.78, 5) is 4.40. The second-order valence-electron chi connectivity index (χ2n) is 5.58. The van der Waals surface area contributed by atoms with E-state index in [4.69, 9.17) is 9.47 Å². The lowest BCUT2D eigenvalue weighted by Gasteiger charge is -2.10. The number of hydrogen-bond donors (Lipinski definition) is 0. The second kappa shape index (κ2) is 7.47. The standard InChI is InChI=1S/C20H16F3NO2/c1-25-17-10-8-15(9-11-17)18-6-3-7-19(24-18)26-13-14-4-2-5-16(12-14)20(21,22)23/h2-12H,13H2,1H3. The van der Waals surface area contributed by atoms with E-state index in [1.54, 1.807) is 25.3 Å². The lowest BCUT2D eigenvalue weighted by molar-refractivity contribution is -0.137. The Labute approximate surface area is 149 Å². The Hall–Kier alpha value is -3.02. The van der Waals surface area contributed by atoms with Gasteiger partial charge in [-0.15, -0.1) is 0 Å². The molecule has 0 aliphatic heterocycles. The van der Waals surface area contributed by atoms with Crippen LogP contribution in [0, 0.1) is 0 Å². The minimum Gasteiger partial charge on any atom is -0.497 e. The normalized spacial score (nSPS) is 11.2. The summed E-state index contributed by atoms with van der Waals surface area (Å²) in [6, 6.07) is 17.7. The zero-order valence-electron chi connectivity index (χ0n) is 14.0. The van der Waals surface area contributed by atoms with Gasteiger partial charge >= 0.3 is 6.18 Å². The molecule has 2 aromatic carbocycles. The molecule has 0 bridgehead atoms. The average Bonchev–Trinajstić information content (AvgIpc) is 2.66. The van der Waals surface area contributed by atoms with Gasteiger partial charge in [-0.1, -0.05) is 18.2 Å². The van der Waals surface area contributed by atoms with Crippen LogP contribution in [-0.4, -0.2) is 12.1 Å². The van der Waals surface area contributed by atoms with Crippen molar-refractivity contribution < 1.29 is 22.6 Å². The average molecular weight is 359 g/mol. The number of halogens is 3. The number of alkyl halides is 3. The van der Waals surface area contributed by atoms with E-state index < -0.39 is 11.7 Å². The molecule has 0 N–H and O–H groups in total. The third-order valence-corrected chi connectivity index (χ3v) is 3.75. The Balaban J connectivity index is 1.73. The van der Waals surface area contributed by atoms with Gasteiger partial charge in [-0.05, 0) is 48.0 Å². The van der Waals surface area contributed by atoms with Crippen molar-refractivity contribution in [3.05, 3.63) is 77.9 Å². The monoisotopic (exact) mass is 359 g/mol. The van der Waals surface area contributed by atoms with Crippen LogP contribution in [0.1, 0.15) is 11.1 Å². The molecule has 0 amide bonds. The molecule has 6 heteroatoms. The molecule has 0 aliphatic rings. The third-order valence-electron chi connectivity index (χ3n) is 3.75. The number of rotatable bonds is 5. The molecule has 0 atom stereocenters. The Morgan fingerprint density at radius 1 is 0.923 bits per heavy atom. The molecule has 0 saturated carbocycles. The number of methoxy groups -OCH3 is 1. The van der Waals surface area contributed by atoms with Gasteiger partial charge in [-0.3, -0.25) is 0 Å². The molecule has 3 rings (SSSR count). The fourth-order valence-corrected chi connectivity index (χ4v) is 2.41. The molecule has 3 aromatic rings. The van der Waals surface area contributed by atoms with E-state index in [-0.39, 0.29) is 6.61 Å². The molecule has 0 fully saturated rings. The maximum absolute atomic E-state index is 12.8. The zero-order valence-corrected chi connectivity index (χ0v) is 14.0. The first-order valence-electron chi connectivity index (χ1n) is 7.86. The van der Waals surface area contributed by atoms with E-state index in [1.807, 2.05) is 30.3 Å². The first-order valence-corrected chi connectivity index (χ1v) is 7.86. The highest BCUT2D eigenvalue weighted by Crippen LogP contribution is 2.30. The number of aromatic nitrogens is 1. The number of pyridine rings is 1. The van der Waals surface area contributed by atoms with E-state index in [0.29, 0.717) is 17.1 Å². The van der Waals surface area contributed by atoms with Gasteiger partial charge in [0, 0.05) is 11.6 Å². The second-order valence-corrected chi connectivity index (χ2v) is 5.58. The number of hydrogen-bond acceptors (Lipinski definition) is 3. The zero-order chi connectivity index (χ0) is 18.6. The molecule has 1 aromatic heterocycles. The minimum atomic E-state index is -4.37. The van der Waals surface area contributed by atoms with Crippen molar-refractivity contribution in [2.45, 2.75) is 12.8 Å². The van der Waals surface area contributed by atoms with Gasteiger partial charge in [0.05, 0.1) is 18.4 Å². The van der Waals surface area contributed by atoms with Crippen molar-refractivity contribution in [1.29, 1.82) is 0 Å². The summed E-state index contributed by atoms with van der Waals surface area (Å²) in [5.41, 5.74) is 1.32. The summed E-state index contributed by atoms with van der Waals surface area (Å²) in [7, 11) is 1.59. The highest BCUT2D eigenvalue weighted by molar-refractivity contribution is 5.60. The lowest BCUT2D eigenvalue weighted by atomic mass is 10.1. The summed E-state index contributed by atoms with van der Waals surface area (Å²) >= 11 is 0. The molecule has 0 spiro atoms. The Morgan fingerprint density at radius 3 is 2.35 bits per heavy atom. The highest BCUT2D eigenvalue weighted by atomic mass is 19.4. The molecule has 0 radical (unpaired) electrons. The van der Waals surface area contributed by atoms with Gasteiger partial charge in [0.25, 0.3) is 0 Å². The van der Waals surface area contributed by atoms with Crippen molar-refractivity contribution in [3.63, 3.8) is 0 Å². The highest BCUT2D eigenvalue weighted by Gasteiger charge is 2.30. The van der Waals surface area contributed by atoms with E-state index in [1.165, 1.54) is 6.07 Å². The molecule has 1 heterocycles. The SMILES string of the molecule is COc1ccc(-c2cccc(OCc3cccc(C(F)(F)F)c3)n2)cc1. The lowest BCUT2D eigenvalue weighted by Crippen LogP contribution is -2.06. The number of benzene rings is 2.